The Hall–Kier alpha value is -3.78. The van der Waals surface area contributed by atoms with Crippen LogP contribution in [-0.2, 0) is 20.9 Å². The number of fused-ring (bicyclic) bond motifs is 2. The van der Waals surface area contributed by atoms with E-state index in [0.29, 0.717) is 16.1 Å². The quantitative estimate of drug-likeness (QED) is 0.497. The van der Waals surface area contributed by atoms with Crippen LogP contribution in [0.2, 0.25) is 0 Å². The number of carbonyl (C=O) groups excluding carboxylic acids is 3. The summed E-state index contributed by atoms with van der Waals surface area (Å²) in [6.07, 6.45) is 0. The molecule has 4 rings (SSSR count). The fourth-order valence-corrected chi connectivity index (χ4v) is 4.33. The van der Waals surface area contributed by atoms with Crippen LogP contribution in [0.15, 0.2) is 65.7 Å². The second kappa shape index (κ2) is 8.53. The fourth-order valence-electron chi connectivity index (χ4n) is 3.26. The Labute approximate surface area is 181 Å². The average molecular weight is 433 g/mol. The molecule has 0 saturated carbocycles. The Bertz CT molecular complexity index is 1400. The number of hydrogen-bond acceptors (Lipinski definition) is 5. The first kappa shape index (κ1) is 20.5. The van der Waals surface area contributed by atoms with Gasteiger partial charge in [-0.25, -0.2) is 0 Å². The summed E-state index contributed by atoms with van der Waals surface area (Å²) < 4.78 is 7.22. The van der Waals surface area contributed by atoms with E-state index in [1.165, 1.54) is 25.4 Å². The van der Waals surface area contributed by atoms with Crippen LogP contribution < -0.4 is 10.1 Å². The molecule has 31 heavy (non-hydrogen) atoms. The van der Waals surface area contributed by atoms with Gasteiger partial charge >= 0.3 is 5.97 Å². The van der Waals surface area contributed by atoms with Crippen molar-refractivity contribution in [3.63, 3.8) is 0 Å². The second-order valence-corrected chi connectivity index (χ2v) is 7.90. The number of anilines is 1. The number of nitrogens with one attached hydrogen (secondary N) is 1. The topological polar surface area (TPSA) is 89.8 Å². The van der Waals surface area contributed by atoms with E-state index in [0.717, 1.165) is 21.0 Å². The Morgan fingerprint density at radius 1 is 1.03 bits per heavy atom. The molecule has 7 nitrogen and oxygen atoms in total. The smallest absolute Gasteiger partial charge is 0.325 e. The highest BCUT2D eigenvalue weighted by molar-refractivity contribution is 7.16. The highest BCUT2D eigenvalue weighted by atomic mass is 32.1. The van der Waals surface area contributed by atoms with Gasteiger partial charge in [0.1, 0.15) is 6.54 Å². The van der Waals surface area contributed by atoms with Gasteiger partial charge in [0.2, 0.25) is 5.91 Å². The van der Waals surface area contributed by atoms with E-state index in [-0.39, 0.29) is 12.5 Å². The molecular weight excluding hydrogens is 414 g/mol. The second-order valence-electron chi connectivity index (χ2n) is 6.89. The zero-order chi connectivity index (χ0) is 22.0. The summed E-state index contributed by atoms with van der Waals surface area (Å²) in [5.41, 5.74) is 1.80. The molecule has 1 aromatic heterocycles. The monoisotopic (exact) mass is 433 g/mol. The molecule has 156 valence electrons. The summed E-state index contributed by atoms with van der Waals surface area (Å²) in [7, 11) is 1.31. The highest BCUT2D eigenvalue weighted by Gasteiger charge is 2.13. The third-order valence-electron chi connectivity index (χ3n) is 4.71. The van der Waals surface area contributed by atoms with Crippen LogP contribution in [0.1, 0.15) is 17.3 Å². The first-order valence-electron chi connectivity index (χ1n) is 9.50. The Morgan fingerprint density at radius 2 is 1.81 bits per heavy atom. The minimum Gasteiger partial charge on any atom is -0.468 e. The lowest BCUT2D eigenvalue weighted by Crippen LogP contribution is -2.22. The van der Waals surface area contributed by atoms with Gasteiger partial charge in [0.15, 0.2) is 4.80 Å². The normalized spacial score (nSPS) is 11.6. The van der Waals surface area contributed by atoms with E-state index < -0.39 is 11.9 Å². The van der Waals surface area contributed by atoms with Crippen LogP contribution in [0.5, 0.6) is 0 Å². The zero-order valence-corrected chi connectivity index (χ0v) is 17.7. The summed E-state index contributed by atoms with van der Waals surface area (Å²) in [6, 6.07) is 18.5. The summed E-state index contributed by atoms with van der Waals surface area (Å²) >= 11 is 1.26. The van der Waals surface area contributed by atoms with Gasteiger partial charge in [-0.15, -0.1) is 0 Å². The Balaban J connectivity index is 1.81. The van der Waals surface area contributed by atoms with Crippen molar-refractivity contribution in [2.75, 3.05) is 12.4 Å². The van der Waals surface area contributed by atoms with Gasteiger partial charge < -0.3 is 14.6 Å². The zero-order valence-electron chi connectivity index (χ0n) is 16.9. The van der Waals surface area contributed by atoms with Gasteiger partial charge in [0.25, 0.3) is 5.91 Å². The fraction of sp³-hybridized carbons (Fsp3) is 0.130. The first-order valence-corrected chi connectivity index (χ1v) is 10.3. The van der Waals surface area contributed by atoms with Crippen molar-refractivity contribution in [3.8, 4) is 0 Å². The number of carbonyl (C=O) groups is 3. The number of benzene rings is 3. The number of aromatic nitrogens is 1. The molecule has 4 aromatic rings. The summed E-state index contributed by atoms with van der Waals surface area (Å²) in [5, 5.41) is 4.71. The third-order valence-corrected chi connectivity index (χ3v) is 5.75. The minimum absolute atomic E-state index is 0.0835. The molecule has 0 aliphatic carbocycles. The molecule has 2 amide bonds. The lowest BCUT2D eigenvalue weighted by molar-refractivity contribution is -0.141. The summed E-state index contributed by atoms with van der Waals surface area (Å²) in [4.78, 5) is 40.9. The molecule has 0 unspecified atom stereocenters. The van der Waals surface area contributed by atoms with Crippen molar-refractivity contribution in [3.05, 3.63) is 71.0 Å². The van der Waals surface area contributed by atoms with E-state index in [9.17, 15) is 14.4 Å². The van der Waals surface area contributed by atoms with Crippen molar-refractivity contribution < 1.29 is 19.1 Å². The number of rotatable bonds is 4. The number of amides is 2. The minimum atomic E-state index is -0.453. The molecule has 3 aromatic carbocycles. The number of methoxy groups -OCH3 is 1. The van der Waals surface area contributed by atoms with E-state index in [2.05, 4.69) is 10.3 Å². The predicted molar refractivity (Wildman–Crippen MR) is 120 cm³/mol. The molecule has 0 aliphatic rings. The summed E-state index contributed by atoms with van der Waals surface area (Å²) in [6.45, 7) is 1.35. The molecule has 8 heteroatoms. The van der Waals surface area contributed by atoms with Gasteiger partial charge in [0, 0.05) is 18.2 Å². The molecule has 1 heterocycles. The van der Waals surface area contributed by atoms with Crippen LogP contribution >= 0.6 is 11.3 Å². The summed E-state index contributed by atoms with van der Waals surface area (Å²) in [5.74, 6) is -1.04. The van der Waals surface area contributed by atoms with Crippen LogP contribution in [0.4, 0.5) is 5.69 Å². The number of esters is 1. The van der Waals surface area contributed by atoms with E-state index in [1.807, 2.05) is 30.3 Å². The Morgan fingerprint density at radius 3 is 2.55 bits per heavy atom. The number of ether oxygens (including phenoxy) is 1. The number of hydrogen-bond donors (Lipinski definition) is 1. The molecule has 0 atom stereocenters. The maximum atomic E-state index is 12.9. The van der Waals surface area contributed by atoms with Crippen molar-refractivity contribution in [1.82, 2.24) is 4.57 Å². The molecule has 0 spiro atoms. The number of thiazole rings is 1. The molecule has 0 saturated heterocycles. The van der Waals surface area contributed by atoms with Crippen LogP contribution in [0.25, 0.3) is 21.0 Å². The molecular formula is C23H19N3O4S. The van der Waals surface area contributed by atoms with Crippen LogP contribution in [-0.4, -0.2) is 29.5 Å². The van der Waals surface area contributed by atoms with Gasteiger partial charge in [0.05, 0.1) is 17.3 Å². The molecule has 0 aliphatic heterocycles. The van der Waals surface area contributed by atoms with Crippen molar-refractivity contribution in [2.45, 2.75) is 13.5 Å². The largest absolute Gasteiger partial charge is 0.468 e. The van der Waals surface area contributed by atoms with Gasteiger partial charge in [-0.1, -0.05) is 41.7 Å². The molecule has 1 N–H and O–H groups in total. The average Bonchev–Trinajstić information content (AvgIpc) is 3.08. The SMILES string of the molecule is COC(=O)Cn1c(=NC(=O)c2ccc3ccccc3c2)sc2cc(NC(C)=O)ccc21. The van der Waals surface area contributed by atoms with Crippen LogP contribution in [0.3, 0.4) is 0 Å². The lowest BCUT2D eigenvalue weighted by Gasteiger charge is -2.05. The lowest BCUT2D eigenvalue weighted by atomic mass is 10.1. The van der Waals surface area contributed by atoms with E-state index in [4.69, 9.17) is 4.74 Å². The highest BCUT2D eigenvalue weighted by Crippen LogP contribution is 2.22. The molecule has 0 bridgehead atoms. The predicted octanol–water partition coefficient (Wildman–Crippen LogP) is 3.73. The molecule has 0 radical (unpaired) electrons. The van der Waals surface area contributed by atoms with Crippen molar-refractivity contribution >= 4 is 55.8 Å². The van der Waals surface area contributed by atoms with Crippen LogP contribution in [0, 0.1) is 0 Å². The van der Waals surface area contributed by atoms with E-state index in [1.54, 1.807) is 34.9 Å². The first-order chi connectivity index (χ1) is 14.9. The van der Waals surface area contributed by atoms with Crippen molar-refractivity contribution in [2.24, 2.45) is 4.99 Å². The van der Waals surface area contributed by atoms with Gasteiger partial charge in [-0.05, 0) is 41.1 Å². The standard InChI is InChI=1S/C23H19N3O4S/c1-14(27)24-18-9-10-19-20(12-18)31-23(26(19)13-21(28)30-2)25-22(29)17-8-7-15-5-3-4-6-16(15)11-17/h3-12H,13H2,1-2H3,(H,24,27). The van der Waals surface area contributed by atoms with Crippen molar-refractivity contribution in [1.29, 1.82) is 0 Å². The van der Waals surface area contributed by atoms with Gasteiger partial charge in [-0.2, -0.15) is 4.99 Å². The van der Waals surface area contributed by atoms with Gasteiger partial charge in [-0.3, -0.25) is 14.4 Å². The Kier molecular flexibility index (Phi) is 5.64. The maximum absolute atomic E-state index is 12.9. The number of nitrogens with zero attached hydrogens (tertiary/aromatic N) is 2. The maximum Gasteiger partial charge on any atom is 0.325 e. The van der Waals surface area contributed by atoms with E-state index >= 15 is 0 Å². The molecule has 0 fully saturated rings. The third kappa shape index (κ3) is 4.39.